The van der Waals surface area contributed by atoms with Crippen molar-refractivity contribution in [2.24, 2.45) is 4.99 Å². The molecule has 0 amide bonds. The number of anilines is 1. The van der Waals surface area contributed by atoms with Crippen LogP contribution in [-0.2, 0) is 16.6 Å². The van der Waals surface area contributed by atoms with Crippen molar-refractivity contribution in [2.45, 2.75) is 44.7 Å². The van der Waals surface area contributed by atoms with Gasteiger partial charge in [0.2, 0.25) is 10.0 Å². The Bertz CT molecular complexity index is 1020. The van der Waals surface area contributed by atoms with Gasteiger partial charge in [0, 0.05) is 30.9 Å². The molecule has 178 valence electrons. The van der Waals surface area contributed by atoms with Crippen molar-refractivity contribution in [2.75, 3.05) is 26.1 Å². The summed E-state index contributed by atoms with van der Waals surface area (Å²) in [6.07, 6.45) is 0. The lowest BCUT2D eigenvalue weighted by Gasteiger charge is -2.22. The maximum absolute atomic E-state index is 12.8. The van der Waals surface area contributed by atoms with Gasteiger partial charge in [0.1, 0.15) is 0 Å². The first-order chi connectivity index (χ1) is 14.6. The van der Waals surface area contributed by atoms with E-state index in [0.717, 1.165) is 5.69 Å². The second-order valence-corrected chi connectivity index (χ2v) is 9.46. The number of hydrogen-bond donors (Lipinski definition) is 3. The molecule has 0 aliphatic heterocycles. The van der Waals surface area contributed by atoms with E-state index in [1.807, 2.05) is 45.9 Å². The number of sulfonamides is 1. The van der Waals surface area contributed by atoms with E-state index in [9.17, 15) is 8.42 Å². The molecule has 0 aromatic heterocycles. The minimum absolute atomic E-state index is 0. The number of guanidine groups is 1. The normalized spacial score (nSPS) is 12.0. The molecule has 0 saturated carbocycles. The third kappa shape index (κ3) is 8.14. The highest BCUT2D eigenvalue weighted by atomic mass is 127. The van der Waals surface area contributed by atoms with Gasteiger partial charge in [0.25, 0.3) is 0 Å². The molecule has 0 spiro atoms. The van der Waals surface area contributed by atoms with Gasteiger partial charge in [0.05, 0.1) is 18.6 Å². The molecule has 2 rings (SSSR count). The predicted octanol–water partition coefficient (Wildman–Crippen LogP) is 3.98. The fraction of sp³-hybridized carbons (Fsp3) is 0.409. The van der Waals surface area contributed by atoms with Crippen LogP contribution in [0.3, 0.4) is 0 Å². The van der Waals surface area contributed by atoms with Gasteiger partial charge in [-0.15, -0.1) is 24.0 Å². The van der Waals surface area contributed by atoms with E-state index in [0.29, 0.717) is 29.6 Å². The van der Waals surface area contributed by atoms with Gasteiger partial charge in [-0.1, -0.05) is 18.2 Å². The molecule has 0 radical (unpaired) electrons. The molecule has 0 saturated heterocycles. The Hall–Kier alpha value is -2.05. The van der Waals surface area contributed by atoms with Crippen molar-refractivity contribution in [1.29, 1.82) is 0 Å². The first-order valence-corrected chi connectivity index (χ1v) is 11.5. The molecule has 0 heterocycles. The standard InChI is InChI=1S/C22H32N4O4S.HI/c1-7-30-18-13-12-17(14-19(18)29-6)25-21(23-5)24-15-16-10-8-9-11-20(16)31(27,28)26-22(2,3)4;/h8-14,26H,7,15H2,1-6H3,(H2,23,24,25);1H. The fourth-order valence-corrected chi connectivity index (χ4v) is 4.54. The first-order valence-electron chi connectivity index (χ1n) is 10.00. The molecular weight excluding hydrogens is 543 g/mol. The van der Waals surface area contributed by atoms with Gasteiger partial charge in [-0.3, -0.25) is 4.99 Å². The van der Waals surface area contributed by atoms with Crippen molar-refractivity contribution in [3.8, 4) is 11.5 Å². The molecule has 0 fully saturated rings. The van der Waals surface area contributed by atoms with E-state index >= 15 is 0 Å². The van der Waals surface area contributed by atoms with Crippen LogP contribution in [-0.4, -0.2) is 40.7 Å². The SMILES string of the molecule is CCOc1ccc(NC(=NC)NCc2ccccc2S(=O)(=O)NC(C)(C)C)cc1OC.I. The van der Waals surface area contributed by atoms with Crippen molar-refractivity contribution in [1.82, 2.24) is 10.0 Å². The van der Waals surface area contributed by atoms with Crippen molar-refractivity contribution < 1.29 is 17.9 Å². The van der Waals surface area contributed by atoms with E-state index in [1.165, 1.54) is 0 Å². The third-order valence-electron chi connectivity index (χ3n) is 4.10. The number of methoxy groups -OCH3 is 1. The summed E-state index contributed by atoms with van der Waals surface area (Å²) in [7, 11) is -0.437. The molecule has 8 nitrogen and oxygen atoms in total. The largest absolute Gasteiger partial charge is 0.493 e. The van der Waals surface area contributed by atoms with E-state index < -0.39 is 15.6 Å². The van der Waals surface area contributed by atoms with Crippen LogP contribution in [0, 0.1) is 0 Å². The Morgan fingerprint density at radius 1 is 1.09 bits per heavy atom. The Morgan fingerprint density at radius 3 is 2.38 bits per heavy atom. The quantitative estimate of drug-likeness (QED) is 0.250. The summed E-state index contributed by atoms with van der Waals surface area (Å²) >= 11 is 0. The molecule has 0 bridgehead atoms. The molecule has 32 heavy (non-hydrogen) atoms. The van der Waals surface area contributed by atoms with Gasteiger partial charge in [-0.05, 0) is 51.5 Å². The molecule has 2 aromatic rings. The first kappa shape index (κ1) is 28.0. The second kappa shape index (κ2) is 12.3. The van der Waals surface area contributed by atoms with Crippen LogP contribution in [0.5, 0.6) is 11.5 Å². The average molecular weight is 577 g/mol. The number of ether oxygens (including phenoxy) is 2. The van der Waals surface area contributed by atoms with Crippen LogP contribution in [0.15, 0.2) is 52.4 Å². The lowest BCUT2D eigenvalue weighted by Crippen LogP contribution is -2.41. The van der Waals surface area contributed by atoms with E-state index in [1.54, 1.807) is 38.4 Å². The fourth-order valence-electron chi connectivity index (χ4n) is 2.89. The molecule has 0 unspecified atom stereocenters. The average Bonchev–Trinajstić information content (AvgIpc) is 2.70. The zero-order chi connectivity index (χ0) is 23.1. The van der Waals surface area contributed by atoms with Crippen LogP contribution >= 0.6 is 24.0 Å². The Kier molecular flexibility index (Phi) is 10.7. The molecular formula is C22H33IN4O4S. The minimum Gasteiger partial charge on any atom is -0.493 e. The maximum atomic E-state index is 12.8. The number of rotatable bonds is 8. The summed E-state index contributed by atoms with van der Waals surface area (Å²) in [5.74, 6) is 1.75. The second-order valence-electron chi connectivity index (χ2n) is 7.81. The van der Waals surface area contributed by atoms with Gasteiger partial charge >= 0.3 is 0 Å². The Balaban J connectivity index is 0.00000512. The predicted molar refractivity (Wildman–Crippen MR) is 140 cm³/mol. The topological polar surface area (TPSA) is 101 Å². The van der Waals surface area contributed by atoms with Crippen LogP contribution in [0.2, 0.25) is 0 Å². The number of benzene rings is 2. The summed E-state index contributed by atoms with van der Waals surface area (Å²) in [5.41, 5.74) is 0.805. The molecule has 3 N–H and O–H groups in total. The molecule has 10 heteroatoms. The monoisotopic (exact) mass is 576 g/mol. The van der Waals surface area contributed by atoms with Gasteiger partial charge in [0.15, 0.2) is 17.5 Å². The van der Waals surface area contributed by atoms with Crippen LogP contribution in [0.4, 0.5) is 5.69 Å². The Morgan fingerprint density at radius 2 is 1.78 bits per heavy atom. The zero-order valence-electron chi connectivity index (χ0n) is 19.4. The van der Waals surface area contributed by atoms with E-state index in [-0.39, 0.29) is 35.4 Å². The molecule has 0 aliphatic rings. The van der Waals surface area contributed by atoms with Crippen LogP contribution in [0.25, 0.3) is 0 Å². The van der Waals surface area contributed by atoms with Crippen LogP contribution in [0.1, 0.15) is 33.3 Å². The highest BCUT2D eigenvalue weighted by Crippen LogP contribution is 2.30. The zero-order valence-corrected chi connectivity index (χ0v) is 22.5. The van der Waals surface area contributed by atoms with Crippen molar-refractivity contribution in [3.63, 3.8) is 0 Å². The van der Waals surface area contributed by atoms with E-state index in [2.05, 4.69) is 20.3 Å². The summed E-state index contributed by atoms with van der Waals surface area (Å²) < 4.78 is 39.2. The lowest BCUT2D eigenvalue weighted by atomic mass is 10.1. The van der Waals surface area contributed by atoms with Gasteiger partial charge in [-0.25, -0.2) is 13.1 Å². The minimum atomic E-state index is -3.66. The molecule has 0 atom stereocenters. The Labute approximate surface area is 208 Å². The number of nitrogens with one attached hydrogen (secondary N) is 3. The number of hydrogen-bond acceptors (Lipinski definition) is 5. The third-order valence-corrected chi connectivity index (χ3v) is 5.96. The van der Waals surface area contributed by atoms with Crippen LogP contribution < -0.4 is 24.8 Å². The van der Waals surface area contributed by atoms with E-state index in [4.69, 9.17) is 9.47 Å². The number of aliphatic imine (C=N–C) groups is 1. The highest BCUT2D eigenvalue weighted by molar-refractivity contribution is 14.0. The lowest BCUT2D eigenvalue weighted by molar-refractivity contribution is 0.311. The summed E-state index contributed by atoms with van der Waals surface area (Å²) in [5, 5.41) is 6.34. The van der Waals surface area contributed by atoms with Gasteiger partial charge < -0.3 is 20.1 Å². The summed E-state index contributed by atoms with van der Waals surface area (Å²) in [6.45, 7) is 8.15. The molecule has 2 aromatic carbocycles. The highest BCUT2D eigenvalue weighted by Gasteiger charge is 2.24. The maximum Gasteiger partial charge on any atom is 0.241 e. The van der Waals surface area contributed by atoms with Crippen molar-refractivity contribution in [3.05, 3.63) is 48.0 Å². The summed E-state index contributed by atoms with van der Waals surface area (Å²) in [4.78, 5) is 4.45. The number of halogens is 1. The van der Waals surface area contributed by atoms with Gasteiger partial charge in [-0.2, -0.15) is 0 Å². The smallest absolute Gasteiger partial charge is 0.241 e. The van der Waals surface area contributed by atoms with Crippen molar-refractivity contribution >= 4 is 45.6 Å². The summed E-state index contributed by atoms with van der Waals surface area (Å²) in [6, 6.07) is 12.4. The number of nitrogens with zero attached hydrogens (tertiary/aromatic N) is 1. The molecule has 0 aliphatic carbocycles.